The molecule has 2 atom stereocenters. The van der Waals surface area contributed by atoms with Gasteiger partial charge in [-0.2, -0.15) is 11.8 Å². The van der Waals surface area contributed by atoms with E-state index < -0.39 is 0 Å². The largest absolute Gasteiger partial charge is 0.392 e. The summed E-state index contributed by atoms with van der Waals surface area (Å²) in [6, 6.07) is 0. The predicted molar refractivity (Wildman–Crippen MR) is 60.2 cm³/mol. The maximum Gasteiger partial charge on any atom is 0.0658 e. The molecule has 0 amide bonds. The molecule has 1 aliphatic rings. The number of hydrogen-bond donors (Lipinski definition) is 1. The number of unbranched alkanes of at least 4 members (excludes halogenated alkanes) is 2. The van der Waals surface area contributed by atoms with E-state index in [1.807, 2.05) is 11.8 Å². The Morgan fingerprint density at radius 3 is 2.85 bits per heavy atom. The molecule has 0 bridgehead atoms. The summed E-state index contributed by atoms with van der Waals surface area (Å²) in [5.41, 5.74) is 0. The molecule has 1 nitrogen and oxygen atoms in total. The van der Waals surface area contributed by atoms with Crippen LogP contribution in [0.3, 0.4) is 0 Å². The first-order valence-electron chi connectivity index (χ1n) is 5.64. The van der Waals surface area contributed by atoms with Gasteiger partial charge in [-0.05, 0) is 25.0 Å². The van der Waals surface area contributed by atoms with E-state index in [9.17, 15) is 5.11 Å². The Kier molecular flexibility index (Phi) is 5.88. The van der Waals surface area contributed by atoms with E-state index in [0.29, 0.717) is 5.25 Å². The molecule has 0 saturated carbocycles. The molecule has 1 rings (SSSR count). The van der Waals surface area contributed by atoms with E-state index >= 15 is 0 Å². The van der Waals surface area contributed by atoms with Crippen molar-refractivity contribution in [2.45, 2.75) is 63.2 Å². The van der Waals surface area contributed by atoms with Gasteiger partial charge < -0.3 is 5.11 Å². The van der Waals surface area contributed by atoms with E-state index in [4.69, 9.17) is 0 Å². The number of rotatable bonds is 5. The summed E-state index contributed by atoms with van der Waals surface area (Å²) in [5, 5.41) is 10.4. The minimum atomic E-state index is -0.0307. The molecule has 78 valence electrons. The Hall–Kier alpha value is 0.310. The van der Waals surface area contributed by atoms with Crippen LogP contribution in [0, 0.1) is 0 Å². The zero-order chi connectivity index (χ0) is 9.52. The van der Waals surface area contributed by atoms with E-state index in [0.717, 1.165) is 6.42 Å². The maximum atomic E-state index is 9.88. The predicted octanol–water partition coefficient (Wildman–Crippen LogP) is 3.21. The third-order valence-electron chi connectivity index (χ3n) is 2.75. The molecule has 0 aromatic carbocycles. The van der Waals surface area contributed by atoms with Crippen LogP contribution in [-0.2, 0) is 0 Å². The Morgan fingerprint density at radius 2 is 2.23 bits per heavy atom. The number of thioether (sulfide) groups is 1. The van der Waals surface area contributed by atoms with Gasteiger partial charge in [0, 0.05) is 5.25 Å². The highest BCUT2D eigenvalue weighted by molar-refractivity contribution is 8.00. The van der Waals surface area contributed by atoms with Gasteiger partial charge >= 0.3 is 0 Å². The van der Waals surface area contributed by atoms with Crippen LogP contribution in [0.4, 0.5) is 0 Å². The Labute approximate surface area is 86.3 Å². The van der Waals surface area contributed by atoms with Crippen molar-refractivity contribution in [3.63, 3.8) is 0 Å². The second kappa shape index (κ2) is 6.72. The van der Waals surface area contributed by atoms with Gasteiger partial charge in [0.2, 0.25) is 0 Å². The van der Waals surface area contributed by atoms with Crippen LogP contribution in [-0.4, -0.2) is 22.2 Å². The first-order valence-corrected chi connectivity index (χ1v) is 6.69. The minimum absolute atomic E-state index is 0.0307. The monoisotopic (exact) mass is 202 g/mol. The molecule has 1 heterocycles. The lowest BCUT2D eigenvalue weighted by Crippen LogP contribution is -2.25. The summed E-state index contributed by atoms with van der Waals surface area (Å²) in [4.78, 5) is 0. The summed E-state index contributed by atoms with van der Waals surface area (Å²) in [5.74, 6) is 1.26. The molecule has 1 aliphatic heterocycles. The van der Waals surface area contributed by atoms with Gasteiger partial charge in [-0.25, -0.2) is 0 Å². The first-order chi connectivity index (χ1) is 6.34. The Bertz CT molecular complexity index is 121. The molecular formula is C11H22OS. The topological polar surface area (TPSA) is 20.2 Å². The summed E-state index contributed by atoms with van der Waals surface area (Å²) in [7, 11) is 0. The second-order valence-electron chi connectivity index (χ2n) is 3.97. The van der Waals surface area contributed by atoms with Crippen LogP contribution in [0.5, 0.6) is 0 Å². The molecule has 0 aromatic heterocycles. The van der Waals surface area contributed by atoms with Gasteiger partial charge in [-0.3, -0.25) is 0 Å². The second-order valence-corrected chi connectivity index (χ2v) is 5.32. The van der Waals surface area contributed by atoms with Gasteiger partial charge in [-0.1, -0.05) is 32.6 Å². The highest BCUT2D eigenvalue weighted by Gasteiger charge is 2.21. The van der Waals surface area contributed by atoms with Crippen LogP contribution in [0.15, 0.2) is 0 Å². The molecular weight excluding hydrogens is 180 g/mol. The quantitative estimate of drug-likeness (QED) is 0.691. The van der Waals surface area contributed by atoms with E-state index in [1.54, 1.807) is 0 Å². The molecule has 1 fully saturated rings. The zero-order valence-electron chi connectivity index (χ0n) is 8.67. The highest BCUT2D eigenvalue weighted by Crippen LogP contribution is 2.29. The molecule has 13 heavy (non-hydrogen) atoms. The van der Waals surface area contributed by atoms with Crippen molar-refractivity contribution in [1.29, 1.82) is 0 Å². The van der Waals surface area contributed by atoms with Crippen molar-refractivity contribution in [2.75, 3.05) is 5.75 Å². The first kappa shape index (κ1) is 11.4. The average Bonchev–Trinajstić information content (AvgIpc) is 2.19. The van der Waals surface area contributed by atoms with Crippen molar-refractivity contribution >= 4 is 11.8 Å². The maximum absolute atomic E-state index is 9.88. The highest BCUT2D eigenvalue weighted by atomic mass is 32.2. The summed E-state index contributed by atoms with van der Waals surface area (Å²) in [6.45, 7) is 2.21. The summed E-state index contributed by atoms with van der Waals surface area (Å²) in [6.07, 6.45) is 8.62. The van der Waals surface area contributed by atoms with Gasteiger partial charge in [0.15, 0.2) is 0 Å². The molecule has 0 aromatic rings. The summed E-state index contributed by atoms with van der Waals surface area (Å²) < 4.78 is 0. The Balaban J connectivity index is 2.09. The third-order valence-corrected chi connectivity index (χ3v) is 4.25. The van der Waals surface area contributed by atoms with Crippen molar-refractivity contribution in [3.05, 3.63) is 0 Å². The molecule has 0 aliphatic carbocycles. The average molecular weight is 202 g/mol. The lowest BCUT2D eigenvalue weighted by atomic mass is 10.0. The van der Waals surface area contributed by atoms with Crippen LogP contribution in [0.25, 0.3) is 0 Å². The lowest BCUT2D eigenvalue weighted by Gasteiger charge is -2.26. The van der Waals surface area contributed by atoms with Crippen molar-refractivity contribution in [3.8, 4) is 0 Å². The Morgan fingerprint density at radius 1 is 1.38 bits per heavy atom. The SMILES string of the molecule is CCCCCC(O)C1CCCCS1. The lowest BCUT2D eigenvalue weighted by molar-refractivity contribution is 0.152. The molecule has 0 spiro atoms. The molecule has 1 saturated heterocycles. The zero-order valence-corrected chi connectivity index (χ0v) is 9.48. The van der Waals surface area contributed by atoms with Gasteiger partial charge in [0.25, 0.3) is 0 Å². The fourth-order valence-corrected chi connectivity index (χ4v) is 3.22. The summed E-state index contributed by atoms with van der Waals surface area (Å²) >= 11 is 1.98. The number of hydrogen-bond acceptors (Lipinski definition) is 2. The van der Waals surface area contributed by atoms with Gasteiger partial charge in [0.1, 0.15) is 0 Å². The van der Waals surface area contributed by atoms with Crippen LogP contribution in [0.2, 0.25) is 0 Å². The van der Waals surface area contributed by atoms with E-state index in [-0.39, 0.29) is 6.10 Å². The number of aliphatic hydroxyl groups is 1. The molecule has 2 unspecified atom stereocenters. The van der Waals surface area contributed by atoms with Gasteiger partial charge in [-0.15, -0.1) is 0 Å². The minimum Gasteiger partial charge on any atom is -0.392 e. The van der Waals surface area contributed by atoms with Gasteiger partial charge in [0.05, 0.1) is 6.10 Å². The third kappa shape index (κ3) is 4.37. The van der Waals surface area contributed by atoms with Crippen LogP contribution < -0.4 is 0 Å². The van der Waals surface area contributed by atoms with Crippen molar-refractivity contribution < 1.29 is 5.11 Å². The number of aliphatic hydroxyl groups excluding tert-OH is 1. The fraction of sp³-hybridized carbons (Fsp3) is 1.00. The normalized spacial score (nSPS) is 25.8. The van der Waals surface area contributed by atoms with Crippen LogP contribution in [0.1, 0.15) is 51.9 Å². The van der Waals surface area contributed by atoms with Crippen molar-refractivity contribution in [1.82, 2.24) is 0 Å². The van der Waals surface area contributed by atoms with Crippen LogP contribution >= 0.6 is 11.8 Å². The fourth-order valence-electron chi connectivity index (χ4n) is 1.86. The molecule has 1 N–H and O–H groups in total. The molecule has 0 radical (unpaired) electrons. The van der Waals surface area contributed by atoms with E-state index in [2.05, 4.69) is 6.92 Å². The van der Waals surface area contributed by atoms with E-state index in [1.165, 1.54) is 44.3 Å². The van der Waals surface area contributed by atoms with Crippen molar-refractivity contribution in [2.24, 2.45) is 0 Å². The molecule has 2 heteroatoms. The standard InChI is InChI=1S/C11H22OS/c1-2-3-4-7-10(12)11-8-5-6-9-13-11/h10-12H,2-9H2,1H3. The smallest absolute Gasteiger partial charge is 0.0658 e.